The van der Waals surface area contributed by atoms with Gasteiger partial charge in [-0.25, -0.2) is 18.6 Å². The number of alkyl halides is 3. The smallest absolute Gasteiger partial charge is 0.418 e. The Balaban J connectivity index is 2.34. The molecular formula is C21H21F5N2O2. The van der Waals surface area contributed by atoms with E-state index in [2.05, 4.69) is 4.99 Å². The molecule has 4 nitrogen and oxygen atoms in total. The van der Waals surface area contributed by atoms with Gasteiger partial charge in [-0.2, -0.15) is 13.2 Å². The van der Waals surface area contributed by atoms with E-state index >= 15 is 0 Å². The Bertz CT molecular complexity index is 971. The van der Waals surface area contributed by atoms with Crippen molar-refractivity contribution in [2.45, 2.75) is 33.6 Å². The fourth-order valence-electron chi connectivity index (χ4n) is 2.64. The molecule has 0 aliphatic rings. The summed E-state index contributed by atoms with van der Waals surface area (Å²) in [7, 11) is 1.66. The second kappa shape index (κ2) is 9.23. The molecule has 0 N–H and O–H groups in total. The van der Waals surface area contributed by atoms with E-state index < -0.39 is 36.0 Å². The lowest BCUT2D eigenvalue weighted by molar-refractivity contribution is -0.137. The Hall–Kier alpha value is -2.97. The first kappa shape index (κ1) is 23.3. The van der Waals surface area contributed by atoms with Crippen molar-refractivity contribution in [2.24, 2.45) is 4.99 Å². The molecule has 2 aromatic rings. The van der Waals surface area contributed by atoms with Crippen LogP contribution in [-0.2, 0) is 17.5 Å². The number of aliphatic imine (C=N–C) groups is 1. The maximum Gasteiger partial charge on any atom is 0.418 e. The number of carbonyl (C=O) groups excluding carboxylic acids is 1. The van der Waals surface area contributed by atoms with Crippen molar-refractivity contribution in [2.75, 3.05) is 13.6 Å². The lowest BCUT2D eigenvalue weighted by atomic mass is 10.00. The second-order valence-corrected chi connectivity index (χ2v) is 6.69. The fourth-order valence-corrected chi connectivity index (χ4v) is 2.64. The molecule has 0 heterocycles. The van der Waals surface area contributed by atoms with Gasteiger partial charge in [-0.3, -0.25) is 0 Å². The monoisotopic (exact) mass is 428 g/mol. The fraction of sp³-hybridized carbons (Fsp3) is 0.333. The summed E-state index contributed by atoms with van der Waals surface area (Å²) < 4.78 is 73.3. The summed E-state index contributed by atoms with van der Waals surface area (Å²) in [5.41, 5.74) is -2.24. The molecule has 0 radical (unpaired) electrons. The van der Waals surface area contributed by atoms with Crippen molar-refractivity contribution < 1.29 is 31.5 Å². The number of aryl methyl sites for hydroxylation is 1. The van der Waals surface area contributed by atoms with Gasteiger partial charge in [-0.15, -0.1) is 0 Å². The molecule has 2 aromatic carbocycles. The highest BCUT2D eigenvalue weighted by atomic mass is 19.4. The Morgan fingerprint density at radius 1 is 1.13 bits per heavy atom. The van der Waals surface area contributed by atoms with Crippen molar-refractivity contribution in [1.29, 1.82) is 0 Å². The molecule has 0 unspecified atom stereocenters. The van der Waals surface area contributed by atoms with Crippen molar-refractivity contribution >= 4 is 18.0 Å². The van der Waals surface area contributed by atoms with E-state index in [-0.39, 0.29) is 27.9 Å². The Morgan fingerprint density at radius 2 is 1.80 bits per heavy atom. The maximum atomic E-state index is 13.9. The van der Waals surface area contributed by atoms with Crippen LogP contribution in [0.1, 0.15) is 39.5 Å². The molecule has 162 valence electrons. The summed E-state index contributed by atoms with van der Waals surface area (Å²) in [5, 5.41) is 0. The summed E-state index contributed by atoms with van der Waals surface area (Å²) >= 11 is 0. The molecule has 0 amide bonds. The number of benzene rings is 2. The average molecular weight is 428 g/mol. The van der Waals surface area contributed by atoms with Crippen molar-refractivity contribution in [1.82, 2.24) is 4.90 Å². The number of nitrogens with zero attached hydrogens (tertiary/aromatic N) is 2. The van der Waals surface area contributed by atoms with Crippen LogP contribution in [0.5, 0.6) is 0 Å². The summed E-state index contributed by atoms with van der Waals surface area (Å²) in [6.45, 7) is 4.24. The van der Waals surface area contributed by atoms with Gasteiger partial charge in [-0.1, -0.05) is 12.1 Å². The number of esters is 1. The molecule has 0 fully saturated rings. The molecule has 0 bridgehead atoms. The molecule has 0 aliphatic heterocycles. The number of rotatable bonds is 6. The molecule has 0 saturated carbocycles. The van der Waals surface area contributed by atoms with Gasteiger partial charge >= 0.3 is 12.1 Å². The minimum atomic E-state index is -4.76. The molecule has 0 atom stereocenters. The first-order chi connectivity index (χ1) is 14.0. The van der Waals surface area contributed by atoms with Gasteiger partial charge in [0.2, 0.25) is 0 Å². The predicted octanol–water partition coefficient (Wildman–Crippen LogP) is 5.57. The first-order valence-corrected chi connectivity index (χ1v) is 9.03. The van der Waals surface area contributed by atoms with Crippen LogP contribution < -0.4 is 0 Å². The number of hydrogen-bond acceptors (Lipinski definition) is 3. The van der Waals surface area contributed by atoms with Crippen LogP contribution in [-0.4, -0.2) is 30.8 Å². The van der Waals surface area contributed by atoms with Crippen molar-refractivity contribution in [3.8, 4) is 0 Å². The van der Waals surface area contributed by atoms with Gasteiger partial charge in [0, 0.05) is 19.2 Å². The normalized spacial score (nSPS) is 11.8. The minimum absolute atomic E-state index is 0.0816. The molecule has 0 spiro atoms. The zero-order valence-corrected chi connectivity index (χ0v) is 16.9. The zero-order valence-electron chi connectivity index (χ0n) is 16.9. The molecule has 0 aromatic heterocycles. The number of hydrogen-bond donors (Lipinski definition) is 0. The largest absolute Gasteiger partial charge is 0.457 e. The van der Waals surface area contributed by atoms with E-state index in [1.807, 2.05) is 6.92 Å². The van der Waals surface area contributed by atoms with Gasteiger partial charge < -0.3 is 9.64 Å². The van der Waals surface area contributed by atoms with Gasteiger partial charge in [-0.05, 0) is 44.0 Å². The third kappa shape index (κ3) is 5.14. The van der Waals surface area contributed by atoms with Crippen LogP contribution in [0, 0.1) is 25.5 Å². The highest BCUT2D eigenvalue weighted by molar-refractivity contribution is 5.92. The van der Waals surface area contributed by atoms with Gasteiger partial charge in [0.1, 0.15) is 6.61 Å². The quantitative estimate of drug-likeness (QED) is 0.262. The maximum absolute atomic E-state index is 13.9. The van der Waals surface area contributed by atoms with Crippen LogP contribution >= 0.6 is 0 Å². The van der Waals surface area contributed by atoms with E-state index in [0.717, 1.165) is 19.1 Å². The van der Waals surface area contributed by atoms with E-state index in [1.54, 1.807) is 11.9 Å². The van der Waals surface area contributed by atoms with E-state index in [9.17, 15) is 26.7 Å². The van der Waals surface area contributed by atoms with Crippen LogP contribution in [0.25, 0.3) is 0 Å². The van der Waals surface area contributed by atoms with Gasteiger partial charge in [0.25, 0.3) is 0 Å². The zero-order chi connectivity index (χ0) is 22.6. The number of carbonyl (C=O) groups is 1. The summed E-state index contributed by atoms with van der Waals surface area (Å²) in [5.74, 6) is -3.32. The number of halogens is 5. The summed E-state index contributed by atoms with van der Waals surface area (Å²) in [6, 6.07) is 4.79. The minimum Gasteiger partial charge on any atom is -0.457 e. The second-order valence-electron chi connectivity index (χ2n) is 6.69. The van der Waals surface area contributed by atoms with E-state index in [0.29, 0.717) is 6.54 Å². The summed E-state index contributed by atoms with van der Waals surface area (Å²) in [4.78, 5) is 17.8. The Kier molecular flexibility index (Phi) is 7.17. The molecule has 9 heteroatoms. The van der Waals surface area contributed by atoms with Crippen LogP contribution in [0.15, 0.2) is 29.3 Å². The molecular weight excluding hydrogens is 407 g/mol. The van der Waals surface area contributed by atoms with Gasteiger partial charge in [0.15, 0.2) is 11.6 Å². The molecule has 2 rings (SSSR count). The summed E-state index contributed by atoms with van der Waals surface area (Å²) in [6.07, 6.45) is -3.50. The Morgan fingerprint density at radius 3 is 2.40 bits per heavy atom. The van der Waals surface area contributed by atoms with Crippen LogP contribution in [0.3, 0.4) is 0 Å². The SMILES string of the molecule is CCN(C)/C=N/c1ccc(C(=O)OCc2ccc(C)c(F)c2F)c(C)c1C(F)(F)F. The van der Waals surface area contributed by atoms with Crippen LogP contribution in [0.2, 0.25) is 0 Å². The van der Waals surface area contributed by atoms with E-state index in [4.69, 9.17) is 4.74 Å². The molecule has 0 aliphatic carbocycles. The van der Waals surface area contributed by atoms with Crippen molar-refractivity contribution in [3.63, 3.8) is 0 Å². The first-order valence-electron chi connectivity index (χ1n) is 9.03. The number of ether oxygens (including phenoxy) is 1. The standard InChI is InChI=1S/C21H21F5N2O2/c1-5-28(4)11-27-16-9-8-15(13(3)17(16)21(24,25)26)20(29)30-10-14-7-6-12(2)18(22)19(14)23/h6-9,11H,5,10H2,1-4H3/b27-11+. The topological polar surface area (TPSA) is 41.9 Å². The molecule has 0 saturated heterocycles. The Labute approximate surface area is 171 Å². The highest BCUT2D eigenvalue weighted by Gasteiger charge is 2.37. The lowest BCUT2D eigenvalue weighted by Gasteiger charge is -2.17. The third-order valence-corrected chi connectivity index (χ3v) is 4.55. The van der Waals surface area contributed by atoms with Gasteiger partial charge in [0.05, 0.1) is 23.2 Å². The van der Waals surface area contributed by atoms with E-state index in [1.165, 1.54) is 25.4 Å². The lowest BCUT2D eigenvalue weighted by Crippen LogP contribution is -2.16. The highest BCUT2D eigenvalue weighted by Crippen LogP contribution is 2.40. The van der Waals surface area contributed by atoms with Crippen LogP contribution in [0.4, 0.5) is 27.6 Å². The average Bonchev–Trinajstić information content (AvgIpc) is 2.68. The molecule has 30 heavy (non-hydrogen) atoms. The third-order valence-electron chi connectivity index (χ3n) is 4.55. The van der Waals surface area contributed by atoms with Crippen molar-refractivity contribution in [3.05, 3.63) is 63.7 Å². The predicted molar refractivity (Wildman–Crippen MR) is 103 cm³/mol.